The molecular weight excluding hydrogens is 510 g/mol. The fourth-order valence-electron chi connectivity index (χ4n) is 3.75. The van der Waals surface area contributed by atoms with Gasteiger partial charge in [0.05, 0.1) is 29.5 Å². The monoisotopic (exact) mass is 557 g/mol. The number of hydrogen-bond acceptors (Lipinski definition) is 9. The van der Waals surface area contributed by atoms with Gasteiger partial charge in [0.15, 0.2) is 0 Å². The van der Waals surface area contributed by atoms with Crippen LogP contribution < -0.4 is 0 Å². The van der Waals surface area contributed by atoms with Gasteiger partial charge in [-0.25, -0.2) is 9.78 Å². The maximum Gasteiger partial charge on any atom is 0.529 e. The Labute approximate surface area is 228 Å². The molecule has 0 unspecified atom stereocenters. The SMILES string of the molecule is CCCCCC/C(=C\c1csc([C@H](C)[C@@H](O)C[C@H](O)/C=C/[Si](OCC)(OCC)OCC)n1)C(=O)OCC. The van der Waals surface area contributed by atoms with E-state index in [1.54, 1.807) is 24.8 Å². The summed E-state index contributed by atoms with van der Waals surface area (Å²) in [6, 6.07) is 0. The molecule has 0 aromatic carbocycles. The Hall–Kier alpha value is -1.40. The highest BCUT2D eigenvalue weighted by Gasteiger charge is 2.37. The van der Waals surface area contributed by atoms with Crippen LogP contribution in [0.1, 0.15) is 96.7 Å². The third-order valence-electron chi connectivity index (χ3n) is 5.71. The highest BCUT2D eigenvalue weighted by Crippen LogP contribution is 2.27. The predicted octanol–water partition coefficient (Wildman–Crippen LogP) is 5.42. The lowest BCUT2D eigenvalue weighted by atomic mass is 10.00. The van der Waals surface area contributed by atoms with E-state index < -0.39 is 21.0 Å². The minimum Gasteiger partial charge on any atom is -0.463 e. The topological polar surface area (TPSA) is 107 Å². The molecule has 0 saturated carbocycles. The number of nitrogens with zero attached hydrogens (tertiary/aromatic N) is 1. The second-order valence-corrected chi connectivity index (χ2v) is 12.0. The summed E-state index contributed by atoms with van der Waals surface area (Å²) in [5, 5.41) is 24.0. The lowest BCUT2D eigenvalue weighted by molar-refractivity contribution is -0.138. The van der Waals surface area contributed by atoms with E-state index >= 15 is 0 Å². The quantitative estimate of drug-likeness (QED) is 0.0947. The molecular formula is C27H47NO7SSi. The first-order valence-electron chi connectivity index (χ1n) is 13.6. The van der Waals surface area contributed by atoms with Gasteiger partial charge in [0.2, 0.25) is 0 Å². The van der Waals surface area contributed by atoms with Crippen LogP contribution in [-0.4, -0.2) is 68.6 Å². The zero-order valence-electron chi connectivity index (χ0n) is 23.4. The number of unbranched alkanes of at least 4 members (excludes halogenated alkanes) is 3. The molecule has 0 saturated heterocycles. The van der Waals surface area contributed by atoms with Crippen molar-refractivity contribution in [1.82, 2.24) is 4.98 Å². The number of rotatable bonds is 20. The van der Waals surface area contributed by atoms with Crippen LogP contribution in [0.25, 0.3) is 6.08 Å². The third-order valence-corrected chi connectivity index (χ3v) is 9.45. The van der Waals surface area contributed by atoms with Gasteiger partial charge in [0.25, 0.3) is 0 Å². The molecule has 1 aromatic rings. The number of thiazole rings is 1. The molecule has 8 nitrogen and oxygen atoms in total. The van der Waals surface area contributed by atoms with Crippen LogP contribution in [0.4, 0.5) is 0 Å². The molecule has 0 aliphatic carbocycles. The molecule has 1 heterocycles. The first-order valence-corrected chi connectivity index (χ1v) is 16.2. The van der Waals surface area contributed by atoms with Crippen LogP contribution in [0, 0.1) is 0 Å². The lowest BCUT2D eigenvalue weighted by Gasteiger charge is -2.26. The average Bonchev–Trinajstić information content (AvgIpc) is 3.33. The summed E-state index contributed by atoms with van der Waals surface area (Å²) in [4.78, 5) is 17.1. The number of esters is 1. The smallest absolute Gasteiger partial charge is 0.463 e. The molecule has 0 bridgehead atoms. The number of carbonyl (C=O) groups excluding carboxylic acids is 1. The second-order valence-electron chi connectivity index (χ2n) is 8.73. The molecule has 0 aliphatic rings. The summed E-state index contributed by atoms with van der Waals surface area (Å²) < 4.78 is 22.6. The summed E-state index contributed by atoms with van der Waals surface area (Å²) in [6.07, 6.45) is 6.71. The van der Waals surface area contributed by atoms with E-state index in [0.29, 0.717) is 44.1 Å². The van der Waals surface area contributed by atoms with Gasteiger partial charge in [-0.15, -0.1) is 11.3 Å². The molecule has 0 fully saturated rings. The number of ether oxygens (including phenoxy) is 1. The Balaban J connectivity index is 2.88. The molecule has 37 heavy (non-hydrogen) atoms. The van der Waals surface area contributed by atoms with Crippen LogP contribution in [-0.2, 0) is 22.8 Å². The largest absolute Gasteiger partial charge is 0.529 e. The van der Waals surface area contributed by atoms with Crippen molar-refractivity contribution in [1.29, 1.82) is 0 Å². The van der Waals surface area contributed by atoms with Gasteiger partial charge >= 0.3 is 14.8 Å². The number of aromatic nitrogens is 1. The Kier molecular flexibility index (Phi) is 17.1. The van der Waals surface area contributed by atoms with Gasteiger partial charge in [0, 0.05) is 43.1 Å². The van der Waals surface area contributed by atoms with E-state index in [4.69, 9.17) is 18.0 Å². The van der Waals surface area contributed by atoms with Crippen molar-refractivity contribution in [3.8, 4) is 0 Å². The van der Waals surface area contributed by atoms with Crippen molar-refractivity contribution < 1.29 is 33.0 Å². The number of aliphatic hydroxyl groups is 2. The van der Waals surface area contributed by atoms with E-state index in [0.717, 1.165) is 30.7 Å². The van der Waals surface area contributed by atoms with Crippen LogP contribution in [0.3, 0.4) is 0 Å². The van der Waals surface area contributed by atoms with Crippen LogP contribution in [0.5, 0.6) is 0 Å². The van der Waals surface area contributed by atoms with Crippen LogP contribution >= 0.6 is 11.3 Å². The predicted molar refractivity (Wildman–Crippen MR) is 150 cm³/mol. The van der Waals surface area contributed by atoms with Crippen molar-refractivity contribution in [3.05, 3.63) is 33.4 Å². The van der Waals surface area contributed by atoms with Crippen LogP contribution in [0.15, 0.2) is 22.7 Å². The molecule has 0 spiro atoms. The van der Waals surface area contributed by atoms with Crippen molar-refractivity contribution >= 4 is 32.2 Å². The summed E-state index contributed by atoms with van der Waals surface area (Å²) in [5.41, 5.74) is 2.99. The van der Waals surface area contributed by atoms with Crippen LogP contribution in [0.2, 0.25) is 0 Å². The summed E-state index contributed by atoms with van der Waals surface area (Å²) in [5.74, 6) is -0.596. The van der Waals surface area contributed by atoms with Crippen molar-refractivity contribution in [2.45, 2.75) is 98.2 Å². The molecule has 0 radical (unpaired) electrons. The van der Waals surface area contributed by atoms with E-state index in [1.165, 1.54) is 11.3 Å². The van der Waals surface area contributed by atoms with Gasteiger partial charge in [-0.1, -0.05) is 39.2 Å². The number of carbonyl (C=O) groups is 1. The highest BCUT2D eigenvalue weighted by molar-refractivity contribution is 7.09. The second kappa shape index (κ2) is 18.8. The Morgan fingerprint density at radius 1 is 1.03 bits per heavy atom. The molecule has 0 amide bonds. The lowest BCUT2D eigenvalue weighted by Crippen LogP contribution is -2.44. The Bertz CT molecular complexity index is 812. The van der Waals surface area contributed by atoms with Crippen molar-refractivity contribution in [3.63, 3.8) is 0 Å². The van der Waals surface area contributed by atoms with Gasteiger partial charge in [-0.05, 0) is 52.3 Å². The highest BCUT2D eigenvalue weighted by atomic mass is 32.1. The summed E-state index contributed by atoms with van der Waals surface area (Å²) >= 11 is 1.43. The van der Waals surface area contributed by atoms with E-state index in [-0.39, 0.29) is 18.3 Å². The fraction of sp³-hybridized carbons (Fsp3) is 0.704. The van der Waals surface area contributed by atoms with E-state index in [1.807, 2.05) is 33.1 Å². The minimum absolute atomic E-state index is 0.128. The molecule has 1 aromatic heterocycles. The van der Waals surface area contributed by atoms with Crippen molar-refractivity contribution in [2.24, 2.45) is 0 Å². The summed E-state index contributed by atoms with van der Waals surface area (Å²) in [6.45, 7) is 13.1. The van der Waals surface area contributed by atoms with Gasteiger partial charge in [0.1, 0.15) is 0 Å². The van der Waals surface area contributed by atoms with Gasteiger partial charge in [-0.3, -0.25) is 0 Å². The van der Waals surface area contributed by atoms with Gasteiger partial charge in [-0.2, -0.15) is 0 Å². The average molecular weight is 558 g/mol. The zero-order chi connectivity index (χ0) is 27.7. The fourth-order valence-corrected chi connectivity index (χ4v) is 6.85. The van der Waals surface area contributed by atoms with E-state index in [2.05, 4.69) is 11.9 Å². The molecule has 212 valence electrons. The maximum absolute atomic E-state index is 12.4. The minimum atomic E-state index is -3.02. The standard InChI is InChI=1S/C27H47NO7SSi/c1-7-12-13-14-15-22(27(31)32-8-2)18-23-20-36-26(28-23)21(6)25(30)19-24(29)16-17-37(33-9-3,34-10-4)35-11-5/h16-18,20-21,24-25,29-30H,7-15,19H2,1-6H3/b17-16+,22-18+/t21-,24-,25+/m1/s1. The van der Waals surface area contributed by atoms with E-state index in [9.17, 15) is 15.0 Å². The molecule has 10 heteroatoms. The number of aliphatic hydroxyl groups excluding tert-OH is 2. The molecule has 1 rings (SSSR count). The Morgan fingerprint density at radius 2 is 1.68 bits per heavy atom. The summed E-state index contributed by atoms with van der Waals surface area (Å²) in [7, 11) is -3.02. The first-order chi connectivity index (χ1) is 17.7. The normalized spacial score (nSPS) is 15.2. The third kappa shape index (κ3) is 12.3. The molecule has 0 aliphatic heterocycles. The molecule has 3 atom stereocenters. The first kappa shape index (κ1) is 33.6. The maximum atomic E-state index is 12.4. The van der Waals surface area contributed by atoms with Gasteiger partial charge < -0.3 is 28.2 Å². The Morgan fingerprint density at radius 3 is 2.24 bits per heavy atom. The zero-order valence-corrected chi connectivity index (χ0v) is 25.2. The number of hydrogen-bond donors (Lipinski definition) is 2. The van der Waals surface area contributed by atoms with Crippen molar-refractivity contribution in [2.75, 3.05) is 26.4 Å². The molecule has 2 N–H and O–H groups in total.